The predicted octanol–water partition coefficient (Wildman–Crippen LogP) is 3.84. The van der Waals surface area contributed by atoms with Gasteiger partial charge in [-0.1, -0.05) is 89.5 Å². The van der Waals surface area contributed by atoms with Crippen LogP contribution < -0.4 is 35.3 Å². The molecule has 3 N–H and O–H groups in total. The van der Waals surface area contributed by atoms with E-state index in [9.17, 15) is 24.0 Å². The number of hydrogen-bond acceptors (Lipinski definition) is 10. The van der Waals surface area contributed by atoms with Crippen LogP contribution in [-0.2, 0) is 55.7 Å². The van der Waals surface area contributed by atoms with Gasteiger partial charge in [-0.05, 0) is 69.7 Å². The van der Waals surface area contributed by atoms with Gasteiger partial charge in [-0.25, -0.2) is 0 Å². The molecule has 0 atom stereocenters. The van der Waals surface area contributed by atoms with Crippen molar-refractivity contribution in [1.29, 1.82) is 0 Å². The maximum absolute atomic E-state index is 11.3. The topological polar surface area (TPSA) is 180 Å². The fourth-order valence-corrected chi connectivity index (χ4v) is 3.71. The number of carbonyl (C=O) groups is 6. The number of unbranched alkanes of at least 4 members (excludes halogenated alkanes) is 1. The molecule has 0 aliphatic heterocycles. The Balaban J connectivity index is -0.000000198. The van der Waals surface area contributed by atoms with Crippen molar-refractivity contribution in [3.05, 3.63) is 112 Å². The third-order valence-corrected chi connectivity index (χ3v) is 6.24. The quantitative estimate of drug-likeness (QED) is 0.117. The van der Waals surface area contributed by atoms with E-state index in [2.05, 4.69) is 59.6 Å². The Morgan fingerprint density at radius 1 is 0.772 bits per heavy atom. The molecule has 0 aliphatic rings. The fraction of sp³-hybridized carbons (Fsp3) is 0.381. The van der Waals surface area contributed by atoms with Crippen molar-refractivity contribution in [1.82, 2.24) is 4.90 Å². The molecular formula is C42H61BClN2NaO10. The van der Waals surface area contributed by atoms with Crippen molar-refractivity contribution < 1.29 is 77.5 Å². The Morgan fingerprint density at radius 3 is 1.60 bits per heavy atom. The normalized spacial score (nSPS) is 8.89. The van der Waals surface area contributed by atoms with Crippen LogP contribution in [0.5, 0.6) is 0 Å². The number of ketones is 1. The standard InChI is InChI=1S/C14H21NO.C10H12O.C9H10O.C4H6BO4.C3H7NO.C2H4O2.ClH.Na/c1-12-7-6-9-13(11-12)8-4-5-10-14(16)15(2)3;1-9-4-3-5-10(8-9)6-7-11-2;1-8-3-2-4-9(7-8)5-6-10;1-3(6)8-5-9-4(2)7;1-3(5)2-4;1-2(3)4;;/h6-7,9,11H,4-5,8,10H2,1-3H3;3-8H,1-2H3;2-4,6-7H,5H2,1H3;1-2H3;2,4H2,1H3;1H3,(H,3,4);1H;/q;;;-1;;;;+1. The molecule has 1 amide bonds. The largest absolute Gasteiger partial charge is 1.00 e. The van der Waals surface area contributed by atoms with Crippen molar-refractivity contribution >= 4 is 62.1 Å². The van der Waals surface area contributed by atoms with Crippen LogP contribution in [0.1, 0.15) is 80.3 Å². The van der Waals surface area contributed by atoms with Gasteiger partial charge in [-0.2, -0.15) is 0 Å². The van der Waals surface area contributed by atoms with Crippen LogP contribution in [0.25, 0.3) is 6.08 Å². The Hall–Kier alpha value is -4.27. The molecule has 310 valence electrons. The third-order valence-electron chi connectivity index (χ3n) is 6.24. The van der Waals surface area contributed by atoms with E-state index in [0.29, 0.717) is 20.5 Å². The Morgan fingerprint density at radius 2 is 1.21 bits per heavy atom. The zero-order chi connectivity index (χ0) is 42.6. The summed E-state index contributed by atoms with van der Waals surface area (Å²) in [5.41, 5.74) is 12.2. The minimum absolute atomic E-state index is 0. The van der Waals surface area contributed by atoms with E-state index >= 15 is 0 Å². The maximum atomic E-state index is 11.3. The first-order valence-electron chi connectivity index (χ1n) is 17.4. The van der Waals surface area contributed by atoms with Gasteiger partial charge in [0.15, 0.2) is 0 Å². The number of rotatable bonds is 12. The van der Waals surface area contributed by atoms with Gasteiger partial charge < -0.3 is 34.6 Å². The summed E-state index contributed by atoms with van der Waals surface area (Å²) >= 11 is 0. The minimum atomic E-state index is -0.833. The van der Waals surface area contributed by atoms with Crippen LogP contribution in [-0.4, -0.2) is 81.3 Å². The molecule has 0 fully saturated rings. The molecule has 3 aromatic carbocycles. The molecule has 3 aromatic rings. The summed E-state index contributed by atoms with van der Waals surface area (Å²) in [5, 5.41) is 7.42. The second-order valence-corrected chi connectivity index (χ2v) is 12.0. The molecule has 2 radical (unpaired) electrons. The average Bonchev–Trinajstić information content (AvgIpc) is 3.10. The first kappa shape index (κ1) is 61.9. The number of ether oxygens (including phenoxy) is 1. The molecule has 15 heteroatoms. The number of benzene rings is 3. The van der Waals surface area contributed by atoms with Gasteiger partial charge >= 0.3 is 29.6 Å². The molecule has 0 heterocycles. The average molecular weight is 823 g/mol. The van der Waals surface area contributed by atoms with E-state index in [4.69, 9.17) is 20.4 Å². The number of nitrogens with zero attached hydrogens (tertiary/aromatic N) is 1. The number of amides is 1. The van der Waals surface area contributed by atoms with E-state index in [1.807, 2.05) is 63.5 Å². The van der Waals surface area contributed by atoms with E-state index < -0.39 is 17.9 Å². The Bertz CT molecular complexity index is 1570. The zero-order valence-electron chi connectivity index (χ0n) is 35.5. The molecule has 0 spiro atoms. The van der Waals surface area contributed by atoms with Gasteiger partial charge in [0.05, 0.1) is 19.9 Å². The number of aliphatic carboxylic acids is 1. The number of Topliss-reactive ketones (excluding diaryl/α,β-unsaturated/α-hetero) is 1. The number of hydrogen-bond donors (Lipinski definition) is 2. The number of carboxylic acid groups (broad SMARTS) is 1. The summed E-state index contributed by atoms with van der Waals surface area (Å²) in [5.74, 6) is -1.61. The number of aryl methyl sites for hydroxylation is 4. The molecule has 57 heavy (non-hydrogen) atoms. The molecule has 3 rings (SSSR count). The Kier molecular flexibility index (Phi) is 45.0. The van der Waals surface area contributed by atoms with Gasteiger partial charge in [0.25, 0.3) is 17.9 Å². The van der Waals surface area contributed by atoms with Crippen molar-refractivity contribution in [2.24, 2.45) is 5.73 Å². The maximum Gasteiger partial charge on any atom is 1.00 e. The summed E-state index contributed by atoms with van der Waals surface area (Å²) in [6.45, 7) is 11.3. The molecule has 0 bridgehead atoms. The molecular weight excluding hydrogens is 762 g/mol. The Labute approximate surface area is 368 Å². The SMILES string of the molecule is CC(=O)CN.CC(=O)O.CC(=O)O[B-]OC(C)=O.COC=Cc1cccc(C)c1.Cc1cccc(CC=O)c1.Cc1cccc(CCCCC(=O)N(C)C)c1.Cl.[Na+]. The smallest absolute Gasteiger partial charge is 0.702 e. The van der Waals surface area contributed by atoms with Crippen LogP contribution in [0.4, 0.5) is 0 Å². The van der Waals surface area contributed by atoms with E-state index in [0.717, 1.165) is 38.0 Å². The number of aldehydes is 1. The molecule has 0 aliphatic carbocycles. The second-order valence-electron chi connectivity index (χ2n) is 12.0. The fourth-order valence-electron chi connectivity index (χ4n) is 3.71. The van der Waals surface area contributed by atoms with Crippen LogP contribution in [0.3, 0.4) is 0 Å². The zero-order valence-corrected chi connectivity index (χ0v) is 38.4. The summed E-state index contributed by atoms with van der Waals surface area (Å²) in [6.07, 6.45) is 8.87. The molecule has 0 unspecified atom stereocenters. The van der Waals surface area contributed by atoms with Crippen LogP contribution >= 0.6 is 12.4 Å². The monoisotopic (exact) mass is 822 g/mol. The minimum Gasteiger partial charge on any atom is -0.702 e. The number of carboxylic acids is 1. The predicted molar refractivity (Wildman–Crippen MR) is 225 cm³/mol. The molecule has 0 saturated heterocycles. The van der Waals surface area contributed by atoms with Gasteiger partial charge in [-0.15, -0.1) is 12.4 Å². The molecule has 0 aromatic heterocycles. The number of carbonyl (C=O) groups excluding carboxylic acids is 5. The number of halogens is 1. The van der Waals surface area contributed by atoms with E-state index in [-0.39, 0.29) is 60.2 Å². The molecule has 12 nitrogen and oxygen atoms in total. The van der Waals surface area contributed by atoms with Crippen molar-refractivity contribution in [3.8, 4) is 0 Å². The van der Waals surface area contributed by atoms with Gasteiger partial charge in [0.1, 0.15) is 19.8 Å². The number of nitrogens with two attached hydrogens (primary N) is 1. The second kappa shape index (κ2) is 41.4. The first-order valence-corrected chi connectivity index (χ1v) is 17.4. The van der Waals surface area contributed by atoms with E-state index in [1.54, 1.807) is 18.3 Å². The summed E-state index contributed by atoms with van der Waals surface area (Å²) in [4.78, 5) is 61.7. The van der Waals surface area contributed by atoms with Gasteiger partial charge in [0.2, 0.25) is 5.91 Å². The van der Waals surface area contributed by atoms with Crippen molar-refractivity contribution in [2.75, 3.05) is 27.7 Å². The van der Waals surface area contributed by atoms with Gasteiger partial charge in [0, 0.05) is 47.7 Å². The van der Waals surface area contributed by atoms with Crippen LogP contribution in [0.15, 0.2) is 79.1 Å². The summed E-state index contributed by atoms with van der Waals surface area (Å²) in [7, 11) is 5.96. The first-order chi connectivity index (χ1) is 25.9. The van der Waals surface area contributed by atoms with Crippen molar-refractivity contribution in [3.63, 3.8) is 0 Å². The third kappa shape index (κ3) is 47.8. The van der Waals surface area contributed by atoms with E-state index in [1.165, 1.54) is 48.6 Å². The van der Waals surface area contributed by atoms with Crippen LogP contribution in [0, 0.1) is 20.8 Å². The van der Waals surface area contributed by atoms with Crippen LogP contribution in [0.2, 0.25) is 0 Å². The van der Waals surface area contributed by atoms with Crippen molar-refractivity contribution in [2.45, 2.75) is 80.6 Å². The molecule has 0 saturated carbocycles. The number of methoxy groups -OCH3 is 1. The van der Waals surface area contributed by atoms with Gasteiger partial charge in [-0.3, -0.25) is 24.0 Å². The summed E-state index contributed by atoms with van der Waals surface area (Å²) < 4.78 is 13.1. The summed E-state index contributed by atoms with van der Waals surface area (Å²) in [6, 6.07) is 24.8.